The summed E-state index contributed by atoms with van der Waals surface area (Å²) >= 11 is 1.26. The van der Waals surface area contributed by atoms with Crippen LogP contribution >= 0.6 is 11.3 Å². The Hall–Kier alpha value is -3.79. The third-order valence-corrected chi connectivity index (χ3v) is 4.95. The van der Waals surface area contributed by atoms with Crippen molar-refractivity contribution in [3.63, 3.8) is 0 Å². The molecular weight excluding hydrogens is 428 g/mol. The Morgan fingerprint density at radius 1 is 1.13 bits per heavy atom. The fourth-order valence-corrected chi connectivity index (χ4v) is 3.69. The van der Waals surface area contributed by atoms with Crippen LogP contribution in [-0.4, -0.2) is 23.1 Å². The van der Waals surface area contributed by atoms with Crippen LogP contribution in [0.2, 0.25) is 0 Å². The van der Waals surface area contributed by atoms with Gasteiger partial charge in [0.15, 0.2) is 16.6 Å². The second kappa shape index (κ2) is 8.15. The van der Waals surface area contributed by atoms with Gasteiger partial charge in [-0.05, 0) is 30.3 Å². The van der Waals surface area contributed by atoms with Gasteiger partial charge in [-0.25, -0.2) is 4.98 Å². The number of fused-ring (bicyclic) bond motifs is 1. The van der Waals surface area contributed by atoms with Crippen LogP contribution in [0, 0.1) is 0 Å². The highest BCUT2D eigenvalue weighted by Gasteiger charge is 2.43. The summed E-state index contributed by atoms with van der Waals surface area (Å²) in [6, 6.07) is 13.0. The van der Waals surface area contributed by atoms with Crippen LogP contribution in [0.4, 0.5) is 25.3 Å². The van der Waals surface area contributed by atoms with Gasteiger partial charge in [0.1, 0.15) is 0 Å². The molecule has 31 heavy (non-hydrogen) atoms. The number of nitrogens with one attached hydrogen (secondary N) is 1. The van der Waals surface area contributed by atoms with Crippen LogP contribution in [0.3, 0.4) is 0 Å². The SMILES string of the molecule is CC(=O)N(c1ccccc1)c1nc(/C=C/C(=O)Nc2ccc3c(c2)OC(F)(F)O3)cs1. The van der Waals surface area contributed by atoms with Crippen LogP contribution in [0.15, 0.2) is 60.0 Å². The monoisotopic (exact) mass is 443 g/mol. The van der Waals surface area contributed by atoms with Crippen molar-refractivity contribution in [1.29, 1.82) is 0 Å². The second-order valence-electron chi connectivity index (χ2n) is 6.40. The number of alkyl halides is 2. The summed E-state index contributed by atoms with van der Waals surface area (Å²) in [6.07, 6.45) is -0.987. The maximum atomic E-state index is 13.1. The molecule has 1 aromatic heterocycles. The van der Waals surface area contributed by atoms with Crippen molar-refractivity contribution in [2.24, 2.45) is 0 Å². The molecule has 0 saturated heterocycles. The summed E-state index contributed by atoms with van der Waals surface area (Å²) in [5.41, 5.74) is 1.44. The molecule has 0 bridgehead atoms. The minimum atomic E-state index is -3.72. The molecule has 1 aliphatic rings. The largest absolute Gasteiger partial charge is 0.586 e. The molecule has 0 radical (unpaired) electrons. The van der Waals surface area contributed by atoms with E-state index >= 15 is 0 Å². The summed E-state index contributed by atoms with van der Waals surface area (Å²) in [6.45, 7) is 1.44. The predicted molar refractivity (Wildman–Crippen MR) is 112 cm³/mol. The highest BCUT2D eigenvalue weighted by molar-refractivity contribution is 7.14. The molecule has 2 heterocycles. The minimum Gasteiger partial charge on any atom is -0.395 e. The van der Waals surface area contributed by atoms with E-state index in [-0.39, 0.29) is 23.1 Å². The second-order valence-corrected chi connectivity index (χ2v) is 7.23. The molecular formula is C21H15F2N3O4S. The van der Waals surface area contributed by atoms with Crippen LogP contribution < -0.4 is 19.7 Å². The quantitative estimate of drug-likeness (QED) is 0.573. The van der Waals surface area contributed by atoms with E-state index in [1.54, 1.807) is 17.5 Å². The smallest absolute Gasteiger partial charge is 0.395 e. The number of ether oxygens (including phenoxy) is 2. The summed E-state index contributed by atoms with van der Waals surface area (Å²) in [7, 11) is 0. The first kappa shape index (κ1) is 20.5. The van der Waals surface area contributed by atoms with Crippen LogP contribution in [0.1, 0.15) is 12.6 Å². The molecule has 7 nitrogen and oxygen atoms in total. The first-order valence-corrected chi connectivity index (χ1v) is 9.89. The molecule has 4 rings (SSSR count). The highest BCUT2D eigenvalue weighted by atomic mass is 32.1. The Bertz CT molecular complexity index is 1160. The maximum Gasteiger partial charge on any atom is 0.586 e. The molecule has 10 heteroatoms. The molecule has 158 valence electrons. The number of carbonyl (C=O) groups is 2. The molecule has 0 unspecified atom stereocenters. The molecule has 0 aliphatic carbocycles. The number of carbonyl (C=O) groups excluding carboxylic acids is 2. The van der Waals surface area contributed by atoms with Crippen molar-refractivity contribution in [2.75, 3.05) is 10.2 Å². The van der Waals surface area contributed by atoms with Crippen molar-refractivity contribution in [2.45, 2.75) is 13.2 Å². The lowest BCUT2D eigenvalue weighted by atomic mass is 10.2. The van der Waals surface area contributed by atoms with Gasteiger partial charge < -0.3 is 14.8 Å². The molecule has 3 aromatic rings. The number of hydrogen-bond acceptors (Lipinski definition) is 6. The van der Waals surface area contributed by atoms with Crippen LogP contribution in [0.25, 0.3) is 6.08 Å². The van der Waals surface area contributed by atoms with Gasteiger partial charge in [0, 0.05) is 30.1 Å². The molecule has 0 atom stereocenters. The Labute approximate surface area is 179 Å². The molecule has 1 aliphatic heterocycles. The van der Waals surface area contributed by atoms with Gasteiger partial charge >= 0.3 is 6.29 Å². The van der Waals surface area contributed by atoms with Crippen LogP contribution in [-0.2, 0) is 9.59 Å². The molecule has 0 spiro atoms. The number of amides is 2. The van der Waals surface area contributed by atoms with E-state index in [1.807, 2.05) is 18.2 Å². The maximum absolute atomic E-state index is 13.1. The van der Waals surface area contributed by atoms with E-state index in [0.717, 1.165) is 0 Å². The van der Waals surface area contributed by atoms with Crippen molar-refractivity contribution < 1.29 is 27.8 Å². The zero-order valence-electron chi connectivity index (χ0n) is 16.0. The lowest BCUT2D eigenvalue weighted by Crippen LogP contribution is -2.25. The Morgan fingerprint density at radius 2 is 1.87 bits per heavy atom. The Balaban J connectivity index is 1.43. The number of aromatic nitrogens is 1. The number of thiazole rings is 1. The number of benzene rings is 2. The van der Waals surface area contributed by atoms with Gasteiger partial charge in [-0.15, -0.1) is 20.1 Å². The number of rotatable bonds is 5. The minimum absolute atomic E-state index is 0.109. The lowest BCUT2D eigenvalue weighted by Gasteiger charge is -2.17. The standard InChI is InChI=1S/C21H15F2N3O4S/c1-13(27)26(16-5-3-2-4-6-16)20-25-15(12-31-20)8-10-19(28)24-14-7-9-17-18(11-14)30-21(22,23)29-17/h2-12H,1H3,(H,24,28)/b10-8+. The number of para-hydroxylation sites is 1. The fraction of sp³-hybridized carbons (Fsp3) is 0.0952. The zero-order chi connectivity index (χ0) is 22.0. The van der Waals surface area contributed by atoms with E-state index in [9.17, 15) is 18.4 Å². The highest BCUT2D eigenvalue weighted by Crippen LogP contribution is 2.42. The third-order valence-electron chi connectivity index (χ3n) is 4.10. The Kier molecular flexibility index (Phi) is 5.38. The van der Waals surface area contributed by atoms with Crippen molar-refractivity contribution in [3.8, 4) is 11.5 Å². The van der Waals surface area contributed by atoms with E-state index in [1.165, 1.54) is 53.5 Å². The first-order chi connectivity index (χ1) is 14.8. The van der Waals surface area contributed by atoms with Crippen molar-refractivity contribution in [3.05, 3.63) is 65.7 Å². The number of hydrogen-bond donors (Lipinski definition) is 1. The van der Waals surface area contributed by atoms with Gasteiger partial charge in [0.2, 0.25) is 11.8 Å². The average Bonchev–Trinajstić information content (AvgIpc) is 3.29. The predicted octanol–water partition coefficient (Wildman–Crippen LogP) is 4.80. The topological polar surface area (TPSA) is 80.8 Å². The van der Waals surface area contributed by atoms with E-state index in [2.05, 4.69) is 19.8 Å². The summed E-state index contributed by atoms with van der Waals surface area (Å²) in [5.74, 6) is -0.961. The van der Waals surface area contributed by atoms with Gasteiger partial charge in [0.05, 0.1) is 11.4 Å². The number of halogens is 2. The summed E-state index contributed by atoms with van der Waals surface area (Å²) < 4.78 is 34.8. The van der Waals surface area contributed by atoms with Gasteiger partial charge in [0.25, 0.3) is 0 Å². The normalized spacial score (nSPS) is 13.9. The van der Waals surface area contributed by atoms with E-state index in [4.69, 9.17) is 0 Å². The van der Waals surface area contributed by atoms with Crippen molar-refractivity contribution >= 4 is 45.7 Å². The van der Waals surface area contributed by atoms with Crippen LogP contribution in [0.5, 0.6) is 11.5 Å². The van der Waals surface area contributed by atoms with E-state index in [0.29, 0.717) is 16.5 Å². The first-order valence-electron chi connectivity index (χ1n) is 9.01. The fourth-order valence-electron chi connectivity index (χ4n) is 2.83. The molecule has 2 aromatic carbocycles. The average molecular weight is 443 g/mol. The summed E-state index contributed by atoms with van der Waals surface area (Å²) in [4.78, 5) is 30.1. The molecule has 1 N–H and O–H groups in total. The molecule has 0 saturated carbocycles. The van der Waals surface area contributed by atoms with E-state index < -0.39 is 12.2 Å². The van der Waals surface area contributed by atoms with Crippen molar-refractivity contribution in [1.82, 2.24) is 4.98 Å². The molecule has 0 fully saturated rings. The van der Waals surface area contributed by atoms with Gasteiger partial charge in [-0.1, -0.05) is 18.2 Å². The Morgan fingerprint density at radius 3 is 2.61 bits per heavy atom. The lowest BCUT2D eigenvalue weighted by molar-refractivity contribution is -0.286. The third kappa shape index (κ3) is 4.69. The number of anilines is 3. The van der Waals surface area contributed by atoms with Gasteiger partial charge in [-0.3, -0.25) is 14.5 Å². The van der Waals surface area contributed by atoms with Gasteiger partial charge in [-0.2, -0.15) is 0 Å². The number of nitrogens with zero attached hydrogens (tertiary/aromatic N) is 2. The zero-order valence-corrected chi connectivity index (χ0v) is 16.9. The summed E-state index contributed by atoms with van der Waals surface area (Å²) in [5, 5.41) is 4.72. The molecule has 2 amide bonds.